The van der Waals surface area contributed by atoms with E-state index >= 15 is 0 Å². The molecule has 0 amide bonds. The van der Waals surface area contributed by atoms with E-state index in [4.69, 9.17) is 0 Å². The Bertz CT molecular complexity index is 1380. The molecule has 3 aromatic rings. The van der Waals surface area contributed by atoms with Gasteiger partial charge in [0.15, 0.2) is 37.2 Å². The van der Waals surface area contributed by atoms with Crippen LogP contribution in [-0.4, -0.2) is 4.90 Å². The summed E-state index contributed by atoms with van der Waals surface area (Å²) < 4.78 is 7.40. The van der Waals surface area contributed by atoms with E-state index in [-0.39, 0.29) is 0 Å². The average Bonchev–Trinajstić information content (AvgIpc) is 3.37. The molecule has 70 heavy (non-hydrogen) atoms. The molecule has 0 unspecified atom stereocenters. The SMILES string of the molecule is CCCCCCCCCCCCCCCC[n+]1cccc(CN(Cc2ccc[n+](CCCCCCCCCCCCCCCC)c2)Cc2ccc[n+](CCCCCCCCCCCCCCCC)c2)c1. The molecule has 0 N–H and O–H groups in total. The summed E-state index contributed by atoms with van der Waals surface area (Å²) in [4.78, 5) is 2.68. The van der Waals surface area contributed by atoms with Gasteiger partial charge < -0.3 is 0 Å². The van der Waals surface area contributed by atoms with E-state index in [9.17, 15) is 0 Å². The summed E-state index contributed by atoms with van der Waals surface area (Å²) in [6.07, 6.45) is 73.5. The summed E-state index contributed by atoms with van der Waals surface area (Å²) in [5, 5.41) is 0. The quantitative estimate of drug-likeness (QED) is 0.0406. The summed E-state index contributed by atoms with van der Waals surface area (Å²) >= 11 is 0. The average molecular weight is 967 g/mol. The van der Waals surface area contributed by atoms with Gasteiger partial charge in [-0.25, -0.2) is 13.7 Å². The summed E-state index contributed by atoms with van der Waals surface area (Å²) in [5.74, 6) is 0. The van der Waals surface area contributed by atoms with E-state index in [1.54, 1.807) is 0 Å². The molecule has 0 saturated carbocycles. The van der Waals surface area contributed by atoms with Crippen molar-refractivity contribution in [1.82, 2.24) is 4.90 Å². The Morgan fingerprint density at radius 2 is 0.443 bits per heavy atom. The smallest absolute Gasteiger partial charge is 0.173 e. The van der Waals surface area contributed by atoms with Gasteiger partial charge in [-0.1, -0.05) is 252 Å². The molecular weight excluding hydrogens is 849 g/mol. The van der Waals surface area contributed by atoms with Crippen molar-refractivity contribution in [2.45, 2.75) is 330 Å². The third-order valence-electron chi connectivity index (χ3n) is 15.3. The molecule has 4 heteroatoms. The van der Waals surface area contributed by atoms with Gasteiger partial charge in [0.1, 0.15) is 19.6 Å². The van der Waals surface area contributed by atoms with Crippen LogP contribution in [-0.2, 0) is 39.3 Å². The molecule has 0 saturated heterocycles. The second kappa shape index (κ2) is 46.2. The third-order valence-corrected chi connectivity index (χ3v) is 15.3. The van der Waals surface area contributed by atoms with Crippen molar-refractivity contribution in [1.29, 1.82) is 0 Å². The van der Waals surface area contributed by atoms with E-state index in [0.29, 0.717) is 0 Å². The summed E-state index contributed by atoms with van der Waals surface area (Å²) in [5.41, 5.74) is 4.26. The molecule has 3 rings (SSSR count). The molecule has 0 aliphatic carbocycles. The molecule has 0 radical (unpaired) electrons. The standard InChI is InChI=1S/C66H117N4/c1-4-7-10-13-16-19-22-25-28-31-34-37-40-43-52-67-55-46-49-64(58-67)61-70(62-65-50-47-56-68(59-65)53-44-41-38-35-32-29-26-23-20-17-14-11-8-5-2)63-66-51-48-57-69(60-66)54-45-42-39-36-33-30-27-24-21-18-15-12-9-6-3/h46-51,55-60H,4-45,52-54,61-63H2,1-3H3/q+3. The highest BCUT2D eigenvalue weighted by Crippen LogP contribution is 2.17. The Morgan fingerprint density at radius 3 is 0.643 bits per heavy atom. The molecule has 0 atom stereocenters. The van der Waals surface area contributed by atoms with Crippen molar-refractivity contribution >= 4 is 0 Å². The first-order chi connectivity index (χ1) is 34.7. The predicted octanol–water partition coefficient (Wildman–Crippen LogP) is 19.2. The van der Waals surface area contributed by atoms with Gasteiger partial charge in [-0.3, -0.25) is 4.90 Å². The highest BCUT2D eigenvalue weighted by atomic mass is 15.1. The Hall–Kier alpha value is -2.59. The van der Waals surface area contributed by atoms with Crippen LogP contribution in [0.25, 0.3) is 0 Å². The van der Waals surface area contributed by atoms with Crippen LogP contribution in [0.15, 0.2) is 73.6 Å². The van der Waals surface area contributed by atoms with Gasteiger partial charge in [-0.05, 0) is 37.5 Å². The van der Waals surface area contributed by atoms with Crippen LogP contribution >= 0.6 is 0 Å². The summed E-state index contributed by atoms with van der Waals surface area (Å²) in [6, 6.07) is 13.9. The zero-order valence-corrected chi connectivity index (χ0v) is 47.2. The Kier molecular flexibility index (Phi) is 40.7. The maximum Gasteiger partial charge on any atom is 0.173 e. The maximum absolute atomic E-state index is 2.68. The van der Waals surface area contributed by atoms with Gasteiger partial charge in [0.25, 0.3) is 0 Å². The monoisotopic (exact) mass is 966 g/mol. The second-order valence-corrected chi connectivity index (χ2v) is 22.3. The Labute approximate surface area is 436 Å². The molecule has 3 aromatic heterocycles. The van der Waals surface area contributed by atoms with Gasteiger partial charge in [-0.2, -0.15) is 0 Å². The topological polar surface area (TPSA) is 14.9 Å². The lowest BCUT2D eigenvalue weighted by atomic mass is 10.0. The number of aryl methyl sites for hydroxylation is 3. The predicted molar refractivity (Wildman–Crippen MR) is 304 cm³/mol. The molecule has 4 nitrogen and oxygen atoms in total. The number of hydrogen-bond donors (Lipinski definition) is 0. The molecule has 398 valence electrons. The van der Waals surface area contributed by atoms with E-state index in [1.165, 1.54) is 286 Å². The number of aromatic nitrogens is 3. The lowest BCUT2D eigenvalue weighted by molar-refractivity contribution is -0.697. The van der Waals surface area contributed by atoms with Crippen molar-refractivity contribution in [2.75, 3.05) is 0 Å². The first-order valence-electron chi connectivity index (χ1n) is 31.4. The fourth-order valence-electron chi connectivity index (χ4n) is 10.8. The first-order valence-corrected chi connectivity index (χ1v) is 31.4. The van der Waals surface area contributed by atoms with E-state index in [0.717, 1.165) is 39.3 Å². The third kappa shape index (κ3) is 35.5. The van der Waals surface area contributed by atoms with Gasteiger partial charge >= 0.3 is 0 Å². The minimum atomic E-state index is 0.960. The lowest BCUT2D eigenvalue weighted by Crippen LogP contribution is -2.36. The van der Waals surface area contributed by atoms with Crippen LogP contribution < -0.4 is 13.7 Å². The van der Waals surface area contributed by atoms with Crippen LogP contribution in [0, 0.1) is 0 Å². The number of pyridine rings is 3. The van der Waals surface area contributed by atoms with E-state index in [1.807, 2.05) is 0 Å². The lowest BCUT2D eigenvalue weighted by Gasteiger charge is -2.21. The molecular formula is C66H117N4+3. The van der Waals surface area contributed by atoms with Gasteiger partial charge in [-0.15, -0.1) is 0 Å². The van der Waals surface area contributed by atoms with E-state index < -0.39 is 0 Å². The number of nitrogens with zero attached hydrogens (tertiary/aromatic N) is 4. The number of unbranched alkanes of at least 4 members (excludes halogenated alkanes) is 39. The summed E-state index contributed by atoms with van der Waals surface area (Å²) in [7, 11) is 0. The van der Waals surface area contributed by atoms with E-state index in [2.05, 4.69) is 113 Å². The normalized spacial score (nSPS) is 11.7. The second-order valence-electron chi connectivity index (χ2n) is 22.3. The van der Waals surface area contributed by atoms with Crippen LogP contribution in [0.3, 0.4) is 0 Å². The van der Waals surface area contributed by atoms with Gasteiger partial charge in [0.05, 0.1) is 0 Å². The number of hydrogen-bond acceptors (Lipinski definition) is 1. The van der Waals surface area contributed by atoms with Gasteiger partial charge in [0, 0.05) is 73.8 Å². The Balaban J connectivity index is 1.45. The van der Waals surface area contributed by atoms with Crippen LogP contribution in [0.2, 0.25) is 0 Å². The first kappa shape index (κ1) is 61.7. The minimum absolute atomic E-state index is 0.960. The molecule has 0 aliphatic heterocycles. The Morgan fingerprint density at radius 1 is 0.257 bits per heavy atom. The highest BCUT2D eigenvalue weighted by molar-refractivity contribution is 5.11. The minimum Gasteiger partial charge on any atom is -0.290 e. The fraction of sp³-hybridized carbons (Fsp3) is 0.773. The van der Waals surface area contributed by atoms with Gasteiger partial charge in [0.2, 0.25) is 0 Å². The molecule has 0 bridgehead atoms. The van der Waals surface area contributed by atoms with Crippen LogP contribution in [0.5, 0.6) is 0 Å². The molecule has 0 aliphatic rings. The largest absolute Gasteiger partial charge is 0.290 e. The summed E-state index contributed by atoms with van der Waals surface area (Å²) in [6.45, 7) is 13.2. The number of rotatable bonds is 51. The van der Waals surface area contributed by atoms with Crippen molar-refractivity contribution < 1.29 is 13.7 Å². The molecule has 0 fully saturated rings. The van der Waals surface area contributed by atoms with Crippen molar-refractivity contribution in [3.63, 3.8) is 0 Å². The molecule has 0 spiro atoms. The highest BCUT2D eigenvalue weighted by Gasteiger charge is 2.15. The van der Waals surface area contributed by atoms with Crippen molar-refractivity contribution in [3.8, 4) is 0 Å². The zero-order valence-electron chi connectivity index (χ0n) is 47.2. The van der Waals surface area contributed by atoms with Crippen LogP contribution in [0.1, 0.15) is 307 Å². The fourth-order valence-corrected chi connectivity index (χ4v) is 10.8. The van der Waals surface area contributed by atoms with Crippen LogP contribution in [0.4, 0.5) is 0 Å². The van der Waals surface area contributed by atoms with Crippen molar-refractivity contribution in [2.24, 2.45) is 0 Å². The molecule has 3 heterocycles. The zero-order chi connectivity index (χ0) is 49.5. The maximum atomic E-state index is 2.68. The van der Waals surface area contributed by atoms with Crippen molar-refractivity contribution in [3.05, 3.63) is 90.3 Å². The molecule has 0 aromatic carbocycles.